The average Bonchev–Trinajstić information content (AvgIpc) is 2.61. The molecule has 4 N–H and O–H groups in total. The van der Waals surface area contributed by atoms with Gasteiger partial charge < -0.3 is 30.5 Å². The van der Waals surface area contributed by atoms with E-state index in [2.05, 4.69) is 16.0 Å². The first-order valence-corrected chi connectivity index (χ1v) is 8.50. The standard InChI is InChI=1S/C18H25N3O7/c1-18(2,3)28-16(25)20-10-14(22)19-9-13(15(23)24)21-17(26)27-11-12-7-5-4-6-8-12/h4-8,13H,9-11H2,1-3H3,(H,19,22)(H,20,25)(H,21,26)(H,23,24). The lowest BCUT2D eigenvalue weighted by Crippen LogP contribution is -2.50. The van der Waals surface area contributed by atoms with Crippen molar-refractivity contribution in [3.05, 3.63) is 35.9 Å². The highest BCUT2D eigenvalue weighted by Gasteiger charge is 2.22. The third-order valence-corrected chi connectivity index (χ3v) is 3.10. The maximum atomic E-state index is 11.7. The van der Waals surface area contributed by atoms with Crippen LogP contribution in [0.15, 0.2) is 30.3 Å². The highest BCUT2D eigenvalue weighted by atomic mass is 16.6. The van der Waals surface area contributed by atoms with Gasteiger partial charge in [-0.1, -0.05) is 30.3 Å². The smallest absolute Gasteiger partial charge is 0.408 e. The molecule has 0 saturated heterocycles. The van der Waals surface area contributed by atoms with E-state index < -0.39 is 42.3 Å². The van der Waals surface area contributed by atoms with Crippen molar-refractivity contribution in [1.29, 1.82) is 0 Å². The summed E-state index contributed by atoms with van der Waals surface area (Å²) in [5, 5.41) is 15.8. The normalized spacial score (nSPS) is 11.7. The first kappa shape index (κ1) is 22.7. The van der Waals surface area contributed by atoms with Gasteiger partial charge in [0.25, 0.3) is 0 Å². The topological polar surface area (TPSA) is 143 Å². The van der Waals surface area contributed by atoms with E-state index in [9.17, 15) is 19.2 Å². The molecule has 1 unspecified atom stereocenters. The molecule has 0 heterocycles. The first-order chi connectivity index (χ1) is 13.1. The van der Waals surface area contributed by atoms with Crippen LogP contribution in [0, 0.1) is 0 Å². The Bertz CT molecular complexity index is 686. The SMILES string of the molecule is CC(C)(C)OC(=O)NCC(=O)NCC(NC(=O)OCc1ccccc1)C(=O)O. The molecule has 10 heteroatoms. The Morgan fingerprint density at radius 2 is 1.68 bits per heavy atom. The molecule has 154 valence electrons. The highest BCUT2D eigenvalue weighted by molar-refractivity contribution is 5.84. The van der Waals surface area contributed by atoms with Crippen molar-refractivity contribution in [2.45, 2.75) is 39.0 Å². The van der Waals surface area contributed by atoms with Gasteiger partial charge >= 0.3 is 18.2 Å². The van der Waals surface area contributed by atoms with Crippen LogP contribution in [0.3, 0.4) is 0 Å². The summed E-state index contributed by atoms with van der Waals surface area (Å²) in [7, 11) is 0. The van der Waals surface area contributed by atoms with E-state index in [4.69, 9.17) is 14.6 Å². The Balaban J connectivity index is 2.37. The summed E-state index contributed by atoms with van der Waals surface area (Å²) < 4.78 is 9.91. The van der Waals surface area contributed by atoms with Gasteiger partial charge in [-0.2, -0.15) is 0 Å². The molecule has 0 bridgehead atoms. The van der Waals surface area contributed by atoms with Gasteiger partial charge in [-0.15, -0.1) is 0 Å². The number of carbonyl (C=O) groups excluding carboxylic acids is 3. The van der Waals surface area contributed by atoms with Crippen LogP contribution >= 0.6 is 0 Å². The van der Waals surface area contributed by atoms with E-state index in [1.165, 1.54) is 0 Å². The number of aliphatic carboxylic acids is 1. The second kappa shape index (κ2) is 10.8. The van der Waals surface area contributed by atoms with Gasteiger partial charge in [0.1, 0.15) is 18.2 Å². The molecular formula is C18H25N3O7. The number of carboxylic acids is 1. The third kappa shape index (κ3) is 10.00. The van der Waals surface area contributed by atoms with Crippen molar-refractivity contribution < 1.29 is 33.8 Å². The van der Waals surface area contributed by atoms with E-state index in [1.807, 2.05) is 6.07 Å². The molecular weight excluding hydrogens is 370 g/mol. The molecule has 0 radical (unpaired) electrons. The Kier molecular flexibility index (Phi) is 8.73. The fraction of sp³-hybridized carbons (Fsp3) is 0.444. The van der Waals surface area contributed by atoms with Crippen molar-refractivity contribution in [2.75, 3.05) is 13.1 Å². The van der Waals surface area contributed by atoms with E-state index in [1.54, 1.807) is 45.0 Å². The predicted octanol–water partition coefficient (Wildman–Crippen LogP) is 1.01. The molecule has 1 aromatic carbocycles. The van der Waals surface area contributed by atoms with Crippen LogP contribution in [0.25, 0.3) is 0 Å². The zero-order valence-corrected chi connectivity index (χ0v) is 16.0. The monoisotopic (exact) mass is 395 g/mol. The molecule has 1 atom stereocenters. The number of nitrogens with one attached hydrogen (secondary N) is 3. The van der Waals surface area contributed by atoms with E-state index in [0.717, 1.165) is 5.56 Å². The number of ether oxygens (including phenoxy) is 2. The van der Waals surface area contributed by atoms with E-state index in [-0.39, 0.29) is 13.2 Å². The molecule has 0 aliphatic carbocycles. The molecule has 1 rings (SSSR count). The maximum absolute atomic E-state index is 11.7. The largest absolute Gasteiger partial charge is 0.480 e. The number of hydrogen-bond donors (Lipinski definition) is 4. The van der Waals surface area contributed by atoms with Crippen molar-refractivity contribution in [1.82, 2.24) is 16.0 Å². The molecule has 28 heavy (non-hydrogen) atoms. The average molecular weight is 395 g/mol. The minimum absolute atomic E-state index is 0.0226. The first-order valence-electron chi connectivity index (χ1n) is 8.50. The number of alkyl carbamates (subject to hydrolysis) is 2. The minimum atomic E-state index is -1.39. The molecule has 0 aliphatic heterocycles. The Morgan fingerprint density at radius 3 is 2.25 bits per heavy atom. The minimum Gasteiger partial charge on any atom is -0.480 e. The van der Waals surface area contributed by atoms with Gasteiger partial charge in [-0.05, 0) is 26.3 Å². The van der Waals surface area contributed by atoms with Gasteiger partial charge in [0, 0.05) is 6.54 Å². The summed E-state index contributed by atoms with van der Waals surface area (Å²) in [5.41, 5.74) is 0.0324. The van der Waals surface area contributed by atoms with Crippen molar-refractivity contribution in [2.24, 2.45) is 0 Å². The van der Waals surface area contributed by atoms with E-state index >= 15 is 0 Å². The van der Waals surface area contributed by atoms with Crippen LogP contribution < -0.4 is 16.0 Å². The fourth-order valence-corrected chi connectivity index (χ4v) is 1.85. The van der Waals surface area contributed by atoms with Crippen LogP contribution in [0.5, 0.6) is 0 Å². The van der Waals surface area contributed by atoms with Crippen LogP contribution in [-0.4, -0.2) is 53.9 Å². The molecule has 10 nitrogen and oxygen atoms in total. The second-order valence-corrected chi connectivity index (χ2v) is 6.76. The predicted molar refractivity (Wildman–Crippen MR) is 98.4 cm³/mol. The quantitative estimate of drug-likeness (QED) is 0.514. The van der Waals surface area contributed by atoms with Crippen LogP contribution in [-0.2, 0) is 25.7 Å². The lowest BCUT2D eigenvalue weighted by Gasteiger charge is -2.19. The van der Waals surface area contributed by atoms with Gasteiger partial charge in [0.05, 0.1) is 6.54 Å². The number of amides is 3. The summed E-state index contributed by atoms with van der Waals surface area (Å²) in [6.07, 6.45) is -1.71. The molecule has 0 aromatic heterocycles. The van der Waals surface area contributed by atoms with Gasteiger partial charge in [-0.25, -0.2) is 14.4 Å². The molecule has 0 fully saturated rings. The molecule has 0 saturated carbocycles. The summed E-state index contributed by atoms with van der Waals surface area (Å²) in [5.74, 6) is -1.99. The molecule has 0 spiro atoms. The lowest BCUT2D eigenvalue weighted by molar-refractivity contribution is -0.139. The van der Waals surface area contributed by atoms with Crippen LogP contribution in [0.2, 0.25) is 0 Å². The Hall–Kier alpha value is -3.30. The van der Waals surface area contributed by atoms with E-state index in [0.29, 0.717) is 0 Å². The summed E-state index contributed by atoms with van der Waals surface area (Å²) in [6, 6.07) is 7.47. The van der Waals surface area contributed by atoms with Crippen molar-refractivity contribution in [3.63, 3.8) is 0 Å². The van der Waals surface area contributed by atoms with Crippen molar-refractivity contribution in [3.8, 4) is 0 Å². The number of rotatable bonds is 8. The zero-order valence-electron chi connectivity index (χ0n) is 16.0. The van der Waals surface area contributed by atoms with Gasteiger partial charge in [-0.3, -0.25) is 4.79 Å². The lowest BCUT2D eigenvalue weighted by atomic mass is 10.2. The highest BCUT2D eigenvalue weighted by Crippen LogP contribution is 2.06. The van der Waals surface area contributed by atoms with Crippen molar-refractivity contribution >= 4 is 24.1 Å². The maximum Gasteiger partial charge on any atom is 0.408 e. The molecule has 3 amide bonds. The molecule has 0 aliphatic rings. The second-order valence-electron chi connectivity index (χ2n) is 6.76. The third-order valence-electron chi connectivity index (χ3n) is 3.10. The van der Waals surface area contributed by atoms with Gasteiger partial charge in [0.2, 0.25) is 5.91 Å². The summed E-state index contributed by atoms with van der Waals surface area (Å²) >= 11 is 0. The Labute approximate surface area is 162 Å². The number of carboxylic acid groups (broad SMARTS) is 1. The fourth-order valence-electron chi connectivity index (χ4n) is 1.85. The summed E-state index contributed by atoms with van der Waals surface area (Å²) in [4.78, 5) is 46.2. The summed E-state index contributed by atoms with van der Waals surface area (Å²) in [6.45, 7) is 4.21. The number of carbonyl (C=O) groups is 4. The molecule has 1 aromatic rings. The number of hydrogen-bond acceptors (Lipinski definition) is 6. The zero-order chi connectivity index (χ0) is 21.2. The van der Waals surface area contributed by atoms with Crippen LogP contribution in [0.4, 0.5) is 9.59 Å². The van der Waals surface area contributed by atoms with Gasteiger partial charge in [0.15, 0.2) is 0 Å². The Morgan fingerprint density at radius 1 is 1.04 bits per heavy atom. The number of benzene rings is 1. The van der Waals surface area contributed by atoms with Crippen LogP contribution in [0.1, 0.15) is 26.3 Å².